The van der Waals surface area contributed by atoms with Gasteiger partial charge in [0.2, 0.25) is 11.6 Å². The molecule has 2 unspecified atom stereocenters. The Bertz CT molecular complexity index is 1800. The molecule has 2 aromatic rings. The van der Waals surface area contributed by atoms with Crippen LogP contribution in [0.5, 0.6) is 11.8 Å². The molecule has 368 valence electrons. The molecule has 0 spiro atoms. The Morgan fingerprint density at radius 3 is 1.20 bits per heavy atom. The average Bonchev–Trinajstić information content (AvgIpc) is 3.94. The van der Waals surface area contributed by atoms with Crippen molar-refractivity contribution in [3.05, 3.63) is 24.3 Å². The highest BCUT2D eigenvalue weighted by Gasteiger charge is 2.26. The van der Waals surface area contributed by atoms with Gasteiger partial charge in [0, 0.05) is 74.7 Å². The fraction of sp³-hybridized carbons (Fsp3) is 0.667. The Kier molecular flexibility index (Phi) is 23.0. The monoisotopic (exact) mass is 968 g/mol. The molecule has 2 fully saturated rings. The fourth-order valence-corrected chi connectivity index (χ4v) is 6.24. The van der Waals surface area contributed by atoms with Gasteiger partial charge in [-0.25, -0.2) is 19.2 Å². The summed E-state index contributed by atoms with van der Waals surface area (Å²) in [4.78, 5) is 74.4. The lowest BCUT2D eigenvalue weighted by atomic mass is 10.1. The van der Waals surface area contributed by atoms with Gasteiger partial charge in [-0.3, -0.25) is 9.59 Å². The van der Waals surface area contributed by atoms with Crippen molar-refractivity contribution in [3.8, 4) is 11.8 Å². The molecule has 0 bridgehead atoms. The molecule has 22 nitrogen and oxygen atoms in total. The van der Waals surface area contributed by atoms with Gasteiger partial charge in [0.1, 0.15) is 25.4 Å². The first-order valence-electron chi connectivity index (χ1n) is 21.4. The summed E-state index contributed by atoms with van der Waals surface area (Å²) >= 11 is 2.09. The summed E-state index contributed by atoms with van der Waals surface area (Å²) in [7, 11) is 0. The molecule has 0 aromatic carbocycles. The predicted octanol–water partition coefficient (Wildman–Crippen LogP) is 2.26. The van der Waals surface area contributed by atoms with E-state index in [1.165, 1.54) is 27.7 Å². The van der Waals surface area contributed by atoms with E-state index in [-0.39, 0.29) is 35.9 Å². The van der Waals surface area contributed by atoms with Crippen molar-refractivity contribution in [1.29, 1.82) is 0 Å². The predicted molar refractivity (Wildman–Crippen MR) is 243 cm³/mol. The van der Waals surface area contributed by atoms with Gasteiger partial charge in [0.25, 0.3) is 11.8 Å². The van der Waals surface area contributed by atoms with Crippen LogP contribution in [0.25, 0.3) is 0 Å². The van der Waals surface area contributed by atoms with E-state index in [4.69, 9.17) is 37.9 Å². The molecule has 4 rings (SSSR count). The van der Waals surface area contributed by atoms with Crippen LogP contribution in [0, 0.1) is 0 Å². The minimum absolute atomic E-state index is 0.0389. The van der Waals surface area contributed by atoms with E-state index in [0.29, 0.717) is 89.1 Å². The molecular weight excluding hydrogens is 905 g/mol. The Balaban J connectivity index is 0.000000350. The van der Waals surface area contributed by atoms with Gasteiger partial charge < -0.3 is 58.3 Å². The van der Waals surface area contributed by atoms with Crippen LogP contribution in [0.2, 0.25) is 0 Å². The lowest BCUT2D eigenvalue weighted by Crippen LogP contribution is -2.44. The number of carbonyl (C=O) groups excluding carboxylic acids is 6. The van der Waals surface area contributed by atoms with Crippen LogP contribution in [-0.2, 0) is 57.2 Å². The second-order valence-corrected chi connectivity index (χ2v) is 18.1. The third kappa shape index (κ3) is 21.9. The molecule has 0 amide bonds. The third-order valence-electron chi connectivity index (χ3n) is 9.05. The number of ether oxygens (including phenoxy) is 8. The van der Waals surface area contributed by atoms with Crippen LogP contribution in [0.15, 0.2) is 24.3 Å². The van der Waals surface area contributed by atoms with Crippen molar-refractivity contribution >= 4 is 70.5 Å². The maximum Gasteiger partial charge on any atom is 0.331 e. The minimum atomic E-state index is -0.886. The number of nitrogens with zero attached hydrogens (tertiary/aromatic N) is 6. The molecule has 0 saturated carbocycles. The van der Waals surface area contributed by atoms with Crippen LogP contribution >= 0.6 is 23.5 Å². The molecule has 4 heterocycles. The molecule has 2 saturated heterocycles. The van der Waals surface area contributed by atoms with E-state index in [2.05, 4.69) is 28.1 Å². The summed E-state index contributed by atoms with van der Waals surface area (Å²) < 4.78 is 60.2. The largest absolute Gasteiger partial charge is 0.470 e. The van der Waals surface area contributed by atoms with Crippen LogP contribution in [0.4, 0.5) is 11.6 Å². The number of hydrogen-bond acceptors (Lipinski definition) is 24. The zero-order chi connectivity index (χ0) is 48.9. The normalized spacial score (nSPS) is 16.3. The number of rotatable bonds is 22. The van der Waals surface area contributed by atoms with Gasteiger partial charge >= 0.3 is 23.9 Å². The molecule has 2 aliphatic heterocycles. The van der Waals surface area contributed by atoms with E-state index < -0.39 is 48.3 Å². The van der Waals surface area contributed by atoms with Crippen molar-refractivity contribution in [2.45, 2.75) is 105 Å². The number of carbonyl (C=O) groups is 6. The van der Waals surface area contributed by atoms with Crippen LogP contribution < -0.4 is 29.9 Å². The number of Topliss-reactive ketones (excluding diaryl/α,β-unsaturated/α-hetero) is 2. The van der Waals surface area contributed by atoms with Gasteiger partial charge in [0.05, 0.1) is 49.9 Å². The summed E-state index contributed by atoms with van der Waals surface area (Å²) in [6.07, 6.45) is 0.687. The van der Waals surface area contributed by atoms with Gasteiger partial charge in [-0.15, -0.1) is 8.75 Å². The summed E-state index contributed by atoms with van der Waals surface area (Å²) in [5.41, 5.74) is -0.428. The standard InChI is InChI=1S/2C21H32N4O7S/c2*1-14(26)15(2)31-17(27)6-7-18(28)32-16(12-22-21(3,4)5)13-30-20-19(23-33-24-20)25-8-10-29-11-9-25/h2*6-7,15-16,22H,8-13H2,1-5H3/b7-6+;7-6-/t2*15?,16-/m00/s1. The number of morpholine rings is 2. The van der Waals surface area contributed by atoms with E-state index in [9.17, 15) is 28.8 Å². The van der Waals surface area contributed by atoms with Crippen LogP contribution in [0.1, 0.15) is 69.2 Å². The van der Waals surface area contributed by atoms with Crippen molar-refractivity contribution in [1.82, 2.24) is 28.1 Å². The van der Waals surface area contributed by atoms with Crippen LogP contribution in [0.3, 0.4) is 0 Å². The number of nitrogens with one attached hydrogen (secondary N) is 2. The van der Waals surface area contributed by atoms with E-state index in [1.54, 1.807) is 0 Å². The number of aromatic nitrogens is 4. The van der Waals surface area contributed by atoms with E-state index in [1.807, 2.05) is 51.3 Å². The molecule has 2 N–H and O–H groups in total. The Labute approximate surface area is 393 Å². The highest BCUT2D eigenvalue weighted by molar-refractivity contribution is 6.99. The number of hydrogen-bond donors (Lipinski definition) is 2. The van der Waals surface area contributed by atoms with Crippen LogP contribution in [-0.4, -0.2) is 167 Å². The SMILES string of the molecule is CC(=O)C(C)OC(=O)/C=C/C(=O)O[C@@H](CNC(C)(C)C)COc1nsnc1N1CCOCC1.CC(=O)C(C)OC(=O)/C=C\C(=O)O[C@@H](CNC(C)(C)C)COc1nsnc1N1CCOCC1. The lowest BCUT2D eigenvalue weighted by molar-refractivity contribution is -0.149. The molecule has 0 radical (unpaired) electrons. The molecule has 2 aromatic heterocycles. The maximum atomic E-state index is 12.3. The lowest BCUT2D eigenvalue weighted by Gasteiger charge is -2.27. The molecule has 66 heavy (non-hydrogen) atoms. The first kappa shape index (κ1) is 55.2. The summed E-state index contributed by atoms with van der Waals surface area (Å²) in [6, 6.07) is 0. The number of ketones is 2. The van der Waals surface area contributed by atoms with Crippen molar-refractivity contribution in [2.75, 3.05) is 88.7 Å². The Hall–Kier alpha value is -5.14. The van der Waals surface area contributed by atoms with Crippen molar-refractivity contribution < 1.29 is 66.7 Å². The van der Waals surface area contributed by atoms with E-state index >= 15 is 0 Å². The molecular formula is C42H64N8O14S2. The minimum Gasteiger partial charge on any atom is -0.470 e. The highest BCUT2D eigenvalue weighted by atomic mass is 32.1. The molecule has 4 atom stereocenters. The summed E-state index contributed by atoms with van der Waals surface area (Å²) in [6.45, 7) is 23.3. The Morgan fingerprint density at radius 1 is 0.576 bits per heavy atom. The molecule has 24 heteroatoms. The zero-order valence-corrected chi connectivity index (χ0v) is 41.0. The average molecular weight is 969 g/mol. The van der Waals surface area contributed by atoms with Gasteiger partial charge in [0.15, 0.2) is 23.8 Å². The second kappa shape index (κ2) is 27.5. The topological polar surface area (TPSA) is 258 Å². The van der Waals surface area contributed by atoms with Gasteiger partial charge in [-0.05, 0) is 69.2 Å². The van der Waals surface area contributed by atoms with Crippen molar-refractivity contribution in [3.63, 3.8) is 0 Å². The van der Waals surface area contributed by atoms with E-state index in [0.717, 1.165) is 47.8 Å². The first-order chi connectivity index (χ1) is 31.1. The summed E-state index contributed by atoms with van der Waals surface area (Å²) in [5.74, 6) is -1.66. The smallest absolute Gasteiger partial charge is 0.331 e. The van der Waals surface area contributed by atoms with Gasteiger partial charge in [-0.2, -0.15) is 8.75 Å². The first-order valence-corrected chi connectivity index (χ1v) is 22.8. The quantitative estimate of drug-likeness (QED) is 0.0974. The number of esters is 4. The van der Waals surface area contributed by atoms with Gasteiger partial charge in [-0.1, -0.05) is 0 Å². The zero-order valence-electron chi connectivity index (χ0n) is 39.3. The van der Waals surface area contributed by atoms with Crippen molar-refractivity contribution in [2.24, 2.45) is 0 Å². The Morgan fingerprint density at radius 2 is 0.894 bits per heavy atom. The maximum absolute atomic E-state index is 12.3. The summed E-state index contributed by atoms with van der Waals surface area (Å²) in [5, 5.41) is 6.54. The fourth-order valence-electron chi connectivity index (χ4n) is 5.20. The number of anilines is 2. The second-order valence-electron chi connectivity index (χ2n) is 17.0. The third-order valence-corrected chi connectivity index (χ3v) is 10.0. The highest BCUT2D eigenvalue weighted by Crippen LogP contribution is 2.28. The molecule has 2 aliphatic rings. The molecule has 0 aliphatic carbocycles.